The number of hydrogen-bond donors (Lipinski definition) is 1. The van der Waals surface area contributed by atoms with Crippen molar-refractivity contribution >= 4 is 17.8 Å². The predicted molar refractivity (Wildman–Crippen MR) is 137 cm³/mol. The van der Waals surface area contributed by atoms with Gasteiger partial charge in [0.2, 0.25) is 11.8 Å². The van der Waals surface area contributed by atoms with Crippen molar-refractivity contribution in [2.45, 2.75) is 96.1 Å². The maximum atomic E-state index is 14.2. The molecule has 0 aromatic carbocycles. The van der Waals surface area contributed by atoms with E-state index in [0.29, 0.717) is 25.8 Å². The van der Waals surface area contributed by atoms with Gasteiger partial charge in [-0.1, -0.05) is 26.0 Å². The Kier molecular flexibility index (Phi) is 8.71. The van der Waals surface area contributed by atoms with Crippen LogP contribution in [0.4, 0.5) is 0 Å². The van der Waals surface area contributed by atoms with Gasteiger partial charge >= 0.3 is 5.97 Å². The second kappa shape index (κ2) is 11.1. The quantitative estimate of drug-likeness (QED) is 0.235. The maximum Gasteiger partial charge on any atom is 0.312 e. The molecule has 3 heterocycles. The first-order valence-corrected chi connectivity index (χ1v) is 13.4. The lowest BCUT2D eigenvalue weighted by Crippen LogP contribution is -2.59. The molecule has 2 amide bonds. The highest BCUT2D eigenvalue weighted by Gasteiger charge is 2.80. The molecule has 0 aromatic rings. The number of ether oxygens (including phenoxy) is 2. The maximum absolute atomic E-state index is 14.2. The molecule has 0 aliphatic carbocycles. The van der Waals surface area contributed by atoms with Crippen LogP contribution in [0.25, 0.3) is 0 Å². The van der Waals surface area contributed by atoms with Gasteiger partial charge in [-0.05, 0) is 58.8 Å². The van der Waals surface area contributed by atoms with Crippen molar-refractivity contribution < 1.29 is 29.0 Å². The molecule has 0 aromatic heterocycles. The van der Waals surface area contributed by atoms with Crippen LogP contribution in [0.1, 0.15) is 66.7 Å². The summed E-state index contributed by atoms with van der Waals surface area (Å²) in [5.41, 5.74) is -2.06. The van der Waals surface area contributed by atoms with Gasteiger partial charge < -0.3 is 24.4 Å². The molecule has 3 aliphatic heterocycles. The van der Waals surface area contributed by atoms with Crippen molar-refractivity contribution in [2.24, 2.45) is 17.8 Å². The summed E-state index contributed by atoms with van der Waals surface area (Å²) < 4.78 is 12.4. The van der Waals surface area contributed by atoms with E-state index in [-0.39, 0.29) is 37.0 Å². The fourth-order valence-corrected chi connectivity index (χ4v) is 6.63. The van der Waals surface area contributed by atoms with Crippen LogP contribution in [0.3, 0.4) is 0 Å². The van der Waals surface area contributed by atoms with E-state index in [1.165, 1.54) is 4.90 Å². The number of unbranched alkanes of at least 4 members (excludes halogenated alkanes) is 2. The summed E-state index contributed by atoms with van der Waals surface area (Å²) in [4.78, 5) is 45.0. The van der Waals surface area contributed by atoms with Gasteiger partial charge in [-0.2, -0.15) is 0 Å². The zero-order valence-corrected chi connectivity index (χ0v) is 22.6. The number of likely N-dealkylation sites (tertiary alicyclic amines) is 1. The molecule has 0 radical (unpaired) electrons. The average molecular weight is 505 g/mol. The van der Waals surface area contributed by atoms with Gasteiger partial charge in [-0.3, -0.25) is 14.4 Å². The number of esters is 1. The number of aliphatic hydroxyl groups is 1. The van der Waals surface area contributed by atoms with Crippen molar-refractivity contribution in [1.82, 2.24) is 9.80 Å². The van der Waals surface area contributed by atoms with E-state index in [1.54, 1.807) is 11.0 Å². The van der Waals surface area contributed by atoms with E-state index in [1.807, 2.05) is 40.7 Å². The fourth-order valence-electron chi connectivity index (χ4n) is 6.63. The molecule has 3 saturated heterocycles. The second-order valence-corrected chi connectivity index (χ2v) is 11.0. The molecule has 2 bridgehead atoms. The Balaban J connectivity index is 2.04. The van der Waals surface area contributed by atoms with Crippen molar-refractivity contribution in [1.29, 1.82) is 0 Å². The van der Waals surface area contributed by atoms with Crippen LogP contribution in [0.5, 0.6) is 0 Å². The largest absolute Gasteiger partial charge is 0.465 e. The van der Waals surface area contributed by atoms with Crippen molar-refractivity contribution in [3.05, 3.63) is 25.3 Å². The third-order valence-corrected chi connectivity index (χ3v) is 8.59. The lowest BCUT2D eigenvalue weighted by Gasteiger charge is -2.40. The molecule has 3 unspecified atom stereocenters. The van der Waals surface area contributed by atoms with Crippen LogP contribution in [0.15, 0.2) is 25.3 Å². The van der Waals surface area contributed by atoms with Gasteiger partial charge in [0.1, 0.15) is 17.6 Å². The molecule has 7 atom stereocenters. The van der Waals surface area contributed by atoms with Gasteiger partial charge in [-0.15, -0.1) is 13.2 Å². The van der Waals surface area contributed by atoms with Crippen molar-refractivity contribution in [3.8, 4) is 0 Å². The summed E-state index contributed by atoms with van der Waals surface area (Å²) in [5, 5.41) is 10.2. The minimum Gasteiger partial charge on any atom is -0.465 e. The molecular weight excluding hydrogens is 460 g/mol. The first-order chi connectivity index (χ1) is 17.0. The summed E-state index contributed by atoms with van der Waals surface area (Å²) in [6.07, 6.45) is 6.88. The fraction of sp³-hybridized carbons (Fsp3) is 0.750. The third-order valence-electron chi connectivity index (χ3n) is 8.59. The first kappa shape index (κ1) is 28.4. The zero-order chi connectivity index (χ0) is 26.8. The van der Waals surface area contributed by atoms with Gasteiger partial charge in [0, 0.05) is 12.6 Å². The monoisotopic (exact) mass is 504 g/mol. The SMILES string of the molecule is C=CCCCCOC(=O)[C@@H]1[C@H]2C(=O)N([C@@H](CC)CO)C(C(=O)N(CC=C)C(C)C)C23CC(C)[C@@]1(C)O3. The molecule has 36 heavy (non-hydrogen) atoms. The Hall–Kier alpha value is -2.19. The Morgan fingerprint density at radius 3 is 2.56 bits per heavy atom. The number of aliphatic hydroxyl groups excluding tert-OH is 1. The summed E-state index contributed by atoms with van der Waals surface area (Å²) in [7, 11) is 0. The molecule has 8 heteroatoms. The molecule has 1 spiro atoms. The number of allylic oxidation sites excluding steroid dienone is 1. The van der Waals surface area contributed by atoms with Gasteiger partial charge in [0.25, 0.3) is 0 Å². The standard InChI is InChI=1S/C28H44N2O6/c1-8-11-12-13-15-35-26(34)22-21-24(32)30(20(10-3)17-31)23(25(33)29(14-9-2)18(4)5)28(21)16-19(6)27(22,7)36-28/h8-9,18-23,31H,1-2,10-17H2,3-7H3/t19?,20-,21-,22-,23?,27+,28?/m0/s1. The Morgan fingerprint density at radius 2 is 2.00 bits per heavy atom. The highest BCUT2D eigenvalue weighted by atomic mass is 16.6. The van der Waals surface area contributed by atoms with Crippen molar-refractivity contribution in [2.75, 3.05) is 19.8 Å². The lowest BCUT2D eigenvalue weighted by molar-refractivity contribution is -0.164. The molecule has 3 rings (SSSR count). The van der Waals surface area contributed by atoms with Crippen LogP contribution in [0, 0.1) is 17.8 Å². The topological polar surface area (TPSA) is 96.4 Å². The molecule has 3 fully saturated rings. The first-order valence-electron chi connectivity index (χ1n) is 13.4. The molecule has 1 N–H and O–H groups in total. The molecule has 0 saturated carbocycles. The van der Waals surface area contributed by atoms with E-state index in [4.69, 9.17) is 9.47 Å². The predicted octanol–water partition coefficient (Wildman–Crippen LogP) is 3.09. The zero-order valence-electron chi connectivity index (χ0n) is 22.6. The highest BCUT2D eigenvalue weighted by molar-refractivity contribution is 5.99. The van der Waals surface area contributed by atoms with Crippen LogP contribution < -0.4 is 0 Å². The Morgan fingerprint density at radius 1 is 1.31 bits per heavy atom. The number of carbonyl (C=O) groups excluding carboxylic acids is 3. The third kappa shape index (κ3) is 4.40. The van der Waals surface area contributed by atoms with E-state index in [9.17, 15) is 19.5 Å². The van der Waals surface area contributed by atoms with Gasteiger partial charge in [0.05, 0.1) is 30.8 Å². The van der Waals surface area contributed by atoms with Gasteiger partial charge in [-0.25, -0.2) is 0 Å². The number of nitrogens with zero attached hydrogens (tertiary/aromatic N) is 2. The summed E-state index contributed by atoms with van der Waals surface area (Å²) >= 11 is 0. The van der Waals surface area contributed by atoms with Crippen molar-refractivity contribution in [3.63, 3.8) is 0 Å². The Bertz CT molecular complexity index is 870. The highest BCUT2D eigenvalue weighted by Crippen LogP contribution is 2.65. The average Bonchev–Trinajstić information content (AvgIpc) is 3.34. The normalized spacial score (nSPS) is 33.5. The van der Waals surface area contributed by atoms with E-state index in [0.717, 1.165) is 12.8 Å². The van der Waals surface area contributed by atoms with Crippen LogP contribution in [-0.2, 0) is 23.9 Å². The minimum absolute atomic E-state index is 0.0591. The lowest BCUT2D eigenvalue weighted by atomic mass is 9.62. The number of amides is 2. The molecule has 8 nitrogen and oxygen atoms in total. The van der Waals surface area contributed by atoms with E-state index in [2.05, 4.69) is 13.2 Å². The smallest absolute Gasteiger partial charge is 0.312 e. The van der Waals surface area contributed by atoms with Gasteiger partial charge in [0.15, 0.2) is 0 Å². The van der Waals surface area contributed by atoms with Crippen LogP contribution in [-0.4, -0.2) is 81.8 Å². The van der Waals surface area contributed by atoms with Crippen LogP contribution >= 0.6 is 0 Å². The van der Waals surface area contributed by atoms with Crippen LogP contribution in [0.2, 0.25) is 0 Å². The minimum atomic E-state index is -1.15. The van der Waals surface area contributed by atoms with E-state index >= 15 is 0 Å². The summed E-state index contributed by atoms with van der Waals surface area (Å²) in [5.74, 6) is -2.68. The molecule has 202 valence electrons. The summed E-state index contributed by atoms with van der Waals surface area (Å²) in [6, 6.07) is -1.60. The molecular formula is C28H44N2O6. The Labute approximate surface area is 215 Å². The molecule has 3 aliphatic rings. The summed E-state index contributed by atoms with van der Waals surface area (Å²) in [6.45, 7) is 17.4. The number of rotatable bonds is 13. The number of fused-ring (bicyclic) bond motifs is 1. The second-order valence-electron chi connectivity index (χ2n) is 11.0. The number of carbonyl (C=O) groups is 3. The van der Waals surface area contributed by atoms with E-state index < -0.39 is 41.1 Å². The number of hydrogen-bond acceptors (Lipinski definition) is 6.